The van der Waals surface area contributed by atoms with E-state index in [-0.39, 0.29) is 12.0 Å². The van der Waals surface area contributed by atoms with Crippen LogP contribution in [0.4, 0.5) is 0 Å². The molecule has 136 valence electrons. The zero-order chi connectivity index (χ0) is 18.8. The van der Waals surface area contributed by atoms with E-state index in [0.717, 1.165) is 23.0 Å². The molecule has 0 saturated heterocycles. The summed E-state index contributed by atoms with van der Waals surface area (Å²) in [6.07, 6.45) is 8.82. The normalized spacial score (nSPS) is 12.4. The molecular formula is C20H21N7. The van der Waals surface area contributed by atoms with Crippen molar-refractivity contribution in [3.63, 3.8) is 0 Å². The summed E-state index contributed by atoms with van der Waals surface area (Å²) in [5.41, 5.74) is 2.99. The molecule has 3 aromatic heterocycles. The van der Waals surface area contributed by atoms with E-state index in [2.05, 4.69) is 62.5 Å². The highest BCUT2D eigenvalue weighted by Crippen LogP contribution is 2.25. The van der Waals surface area contributed by atoms with Gasteiger partial charge in [-0.25, -0.2) is 24.6 Å². The molecule has 0 saturated carbocycles. The molecule has 0 spiro atoms. The third-order valence-electron chi connectivity index (χ3n) is 4.56. The molecule has 4 aromatic rings. The van der Waals surface area contributed by atoms with Crippen LogP contribution in [0.3, 0.4) is 0 Å². The third-order valence-corrected chi connectivity index (χ3v) is 4.56. The van der Waals surface area contributed by atoms with Crippen molar-refractivity contribution in [3.8, 4) is 17.2 Å². The molecule has 7 nitrogen and oxygen atoms in total. The Balaban J connectivity index is 1.65. The lowest BCUT2D eigenvalue weighted by atomic mass is 10.1. The summed E-state index contributed by atoms with van der Waals surface area (Å²) in [5, 5.41) is 4.16. The minimum Gasteiger partial charge on any atom is -0.322 e. The number of imidazole rings is 1. The van der Waals surface area contributed by atoms with E-state index in [1.807, 2.05) is 30.6 Å². The third kappa shape index (κ3) is 3.36. The van der Waals surface area contributed by atoms with Crippen molar-refractivity contribution in [2.45, 2.75) is 32.7 Å². The molecule has 4 rings (SSSR count). The first-order valence-corrected chi connectivity index (χ1v) is 8.94. The van der Waals surface area contributed by atoms with Crippen LogP contribution < -0.4 is 0 Å². The molecule has 0 aliphatic rings. The van der Waals surface area contributed by atoms with Crippen LogP contribution in [-0.2, 0) is 0 Å². The van der Waals surface area contributed by atoms with Gasteiger partial charge in [-0.2, -0.15) is 5.10 Å². The standard InChI is InChI=1S/C20H21N7/c1-14(2)19-22-9-8-18(25-19)20-23-10-11-26(20)15(3)16-4-6-17(7-5-16)27-13-21-12-24-27/h4-15H,1-3H3/t15-/m0/s1. The monoisotopic (exact) mass is 359 g/mol. The van der Waals surface area contributed by atoms with Crippen molar-refractivity contribution in [2.75, 3.05) is 0 Å². The number of benzene rings is 1. The van der Waals surface area contributed by atoms with Gasteiger partial charge in [0, 0.05) is 24.5 Å². The fourth-order valence-electron chi connectivity index (χ4n) is 3.01. The minimum absolute atomic E-state index is 0.116. The lowest BCUT2D eigenvalue weighted by Gasteiger charge is -2.17. The first-order chi connectivity index (χ1) is 13.1. The zero-order valence-electron chi connectivity index (χ0n) is 15.6. The molecule has 0 aliphatic heterocycles. The van der Waals surface area contributed by atoms with Gasteiger partial charge >= 0.3 is 0 Å². The van der Waals surface area contributed by atoms with Crippen LogP contribution in [0.15, 0.2) is 61.6 Å². The van der Waals surface area contributed by atoms with Crippen molar-refractivity contribution in [2.24, 2.45) is 0 Å². The summed E-state index contributed by atoms with van der Waals surface area (Å²) in [7, 11) is 0. The Hall–Kier alpha value is -3.35. The van der Waals surface area contributed by atoms with E-state index in [9.17, 15) is 0 Å². The highest BCUT2D eigenvalue weighted by atomic mass is 15.3. The SMILES string of the molecule is CC(C)c1nccc(-c2nccn2[C@@H](C)c2ccc(-n3cncn3)cc2)n1. The van der Waals surface area contributed by atoms with Crippen LogP contribution in [0.1, 0.15) is 44.1 Å². The predicted octanol–water partition coefficient (Wildman–Crippen LogP) is 3.65. The molecule has 7 heteroatoms. The van der Waals surface area contributed by atoms with E-state index >= 15 is 0 Å². The molecule has 0 aliphatic carbocycles. The lowest BCUT2D eigenvalue weighted by molar-refractivity contribution is 0.643. The Morgan fingerprint density at radius 1 is 0.926 bits per heavy atom. The summed E-state index contributed by atoms with van der Waals surface area (Å²) < 4.78 is 3.88. The maximum absolute atomic E-state index is 4.69. The number of aromatic nitrogens is 7. The van der Waals surface area contributed by atoms with Crippen molar-refractivity contribution < 1.29 is 0 Å². The second kappa shape index (κ2) is 7.11. The fraction of sp³-hybridized carbons (Fsp3) is 0.250. The van der Waals surface area contributed by atoms with E-state index < -0.39 is 0 Å². The van der Waals surface area contributed by atoms with Crippen LogP contribution in [0.2, 0.25) is 0 Å². The molecular weight excluding hydrogens is 338 g/mol. The number of rotatable bonds is 5. The second-order valence-corrected chi connectivity index (χ2v) is 6.72. The molecule has 27 heavy (non-hydrogen) atoms. The van der Waals surface area contributed by atoms with E-state index in [0.29, 0.717) is 0 Å². The van der Waals surface area contributed by atoms with Gasteiger partial charge in [-0.15, -0.1) is 0 Å². The maximum atomic E-state index is 4.69. The van der Waals surface area contributed by atoms with Crippen LogP contribution in [0, 0.1) is 0 Å². The summed E-state index contributed by atoms with van der Waals surface area (Å²) >= 11 is 0. The lowest BCUT2D eigenvalue weighted by Crippen LogP contribution is -2.09. The molecule has 0 radical (unpaired) electrons. The molecule has 0 fully saturated rings. The van der Waals surface area contributed by atoms with Gasteiger partial charge < -0.3 is 4.57 Å². The zero-order valence-corrected chi connectivity index (χ0v) is 15.6. The predicted molar refractivity (Wildman–Crippen MR) is 103 cm³/mol. The molecule has 0 unspecified atom stereocenters. The largest absolute Gasteiger partial charge is 0.322 e. The van der Waals surface area contributed by atoms with Crippen LogP contribution in [-0.4, -0.2) is 34.3 Å². The fourth-order valence-corrected chi connectivity index (χ4v) is 3.01. The Morgan fingerprint density at radius 3 is 2.44 bits per heavy atom. The smallest absolute Gasteiger partial charge is 0.159 e. The van der Waals surface area contributed by atoms with Crippen molar-refractivity contribution >= 4 is 0 Å². The van der Waals surface area contributed by atoms with Gasteiger partial charge in [-0.3, -0.25) is 0 Å². The highest BCUT2D eigenvalue weighted by molar-refractivity contribution is 5.50. The van der Waals surface area contributed by atoms with Crippen molar-refractivity contribution in [3.05, 3.63) is 73.0 Å². The minimum atomic E-state index is 0.116. The Kier molecular flexibility index (Phi) is 4.50. The quantitative estimate of drug-likeness (QED) is 0.544. The average Bonchev–Trinajstić information content (AvgIpc) is 3.39. The molecule has 0 amide bonds. The maximum Gasteiger partial charge on any atom is 0.159 e. The average molecular weight is 359 g/mol. The van der Waals surface area contributed by atoms with E-state index in [1.54, 1.807) is 17.2 Å². The highest BCUT2D eigenvalue weighted by Gasteiger charge is 2.16. The molecule has 1 atom stereocenters. The van der Waals surface area contributed by atoms with Gasteiger partial charge in [-0.1, -0.05) is 26.0 Å². The first kappa shape index (κ1) is 17.1. The van der Waals surface area contributed by atoms with Gasteiger partial charge in [0.15, 0.2) is 5.82 Å². The van der Waals surface area contributed by atoms with Crippen LogP contribution in [0.5, 0.6) is 0 Å². The number of nitrogens with zero attached hydrogens (tertiary/aromatic N) is 7. The summed E-state index contributed by atoms with van der Waals surface area (Å²) in [4.78, 5) is 17.6. The molecule has 3 heterocycles. The first-order valence-electron chi connectivity index (χ1n) is 8.94. The van der Waals surface area contributed by atoms with Gasteiger partial charge in [0.1, 0.15) is 24.2 Å². The van der Waals surface area contributed by atoms with Crippen LogP contribution in [0.25, 0.3) is 17.2 Å². The molecule has 0 N–H and O–H groups in total. The second-order valence-electron chi connectivity index (χ2n) is 6.72. The van der Waals surface area contributed by atoms with E-state index in [4.69, 9.17) is 0 Å². The number of hydrogen-bond acceptors (Lipinski definition) is 5. The summed E-state index contributed by atoms with van der Waals surface area (Å²) in [5.74, 6) is 1.94. The Labute approximate surface area is 157 Å². The molecule has 0 bridgehead atoms. The Morgan fingerprint density at radius 2 is 1.74 bits per heavy atom. The topological polar surface area (TPSA) is 74.3 Å². The summed E-state index contributed by atoms with van der Waals surface area (Å²) in [6, 6.07) is 10.3. The van der Waals surface area contributed by atoms with E-state index in [1.165, 1.54) is 11.9 Å². The number of hydrogen-bond donors (Lipinski definition) is 0. The summed E-state index contributed by atoms with van der Waals surface area (Å²) in [6.45, 7) is 6.33. The van der Waals surface area contributed by atoms with Gasteiger partial charge in [-0.05, 0) is 30.7 Å². The van der Waals surface area contributed by atoms with Crippen LogP contribution >= 0.6 is 0 Å². The van der Waals surface area contributed by atoms with Gasteiger partial charge in [0.2, 0.25) is 0 Å². The van der Waals surface area contributed by atoms with Crippen molar-refractivity contribution in [1.82, 2.24) is 34.3 Å². The van der Waals surface area contributed by atoms with Gasteiger partial charge in [0.05, 0.1) is 11.7 Å². The van der Waals surface area contributed by atoms with Gasteiger partial charge in [0.25, 0.3) is 0 Å². The van der Waals surface area contributed by atoms with Crippen molar-refractivity contribution in [1.29, 1.82) is 0 Å². The molecule has 1 aromatic carbocycles. The Bertz CT molecular complexity index is 1020.